The molecule has 21 heavy (non-hydrogen) atoms. The lowest BCUT2D eigenvalue weighted by Crippen LogP contribution is -2.31. The maximum absolute atomic E-state index is 4.61. The van der Waals surface area contributed by atoms with Gasteiger partial charge in [0.1, 0.15) is 5.82 Å². The minimum Gasteiger partial charge on any atom is -0.352 e. The summed E-state index contributed by atoms with van der Waals surface area (Å²) < 4.78 is 0. The van der Waals surface area contributed by atoms with Crippen LogP contribution < -0.4 is 10.2 Å². The first kappa shape index (κ1) is 12.8. The molecule has 1 atom stereocenters. The summed E-state index contributed by atoms with van der Waals surface area (Å²) in [4.78, 5) is 7.01. The summed E-state index contributed by atoms with van der Waals surface area (Å²) in [6, 6.07) is 13.7. The molecule has 108 valence electrons. The van der Waals surface area contributed by atoms with Crippen molar-refractivity contribution in [3.63, 3.8) is 0 Å². The summed E-state index contributed by atoms with van der Waals surface area (Å²) in [5.74, 6) is 1.12. The fourth-order valence-electron chi connectivity index (χ4n) is 3.48. The molecular formula is C18H21N3. The Morgan fingerprint density at radius 2 is 2.05 bits per heavy atom. The van der Waals surface area contributed by atoms with Crippen molar-refractivity contribution < 1.29 is 0 Å². The lowest BCUT2D eigenvalue weighted by atomic mass is 9.99. The van der Waals surface area contributed by atoms with Crippen molar-refractivity contribution >= 4 is 5.82 Å². The number of hydrogen-bond acceptors (Lipinski definition) is 3. The van der Waals surface area contributed by atoms with E-state index in [9.17, 15) is 0 Å². The van der Waals surface area contributed by atoms with E-state index in [0.29, 0.717) is 6.04 Å². The first-order valence-corrected chi connectivity index (χ1v) is 7.91. The Kier molecular flexibility index (Phi) is 3.36. The molecule has 2 aliphatic rings. The number of benzene rings is 1. The summed E-state index contributed by atoms with van der Waals surface area (Å²) >= 11 is 0. The Hall–Kier alpha value is -1.87. The number of rotatable bonds is 2. The molecule has 0 aliphatic carbocycles. The monoisotopic (exact) mass is 279 g/mol. The van der Waals surface area contributed by atoms with Gasteiger partial charge in [0.05, 0.1) is 0 Å². The summed E-state index contributed by atoms with van der Waals surface area (Å²) in [6.07, 6.45) is 5.60. The Morgan fingerprint density at radius 1 is 1.14 bits per heavy atom. The van der Waals surface area contributed by atoms with Gasteiger partial charge in [-0.2, -0.15) is 0 Å². The fraction of sp³-hybridized carbons (Fsp3) is 0.389. The van der Waals surface area contributed by atoms with Crippen molar-refractivity contribution in [2.24, 2.45) is 0 Å². The van der Waals surface area contributed by atoms with E-state index < -0.39 is 0 Å². The Labute approximate surface area is 126 Å². The number of pyridine rings is 1. The van der Waals surface area contributed by atoms with Crippen LogP contribution in [0.15, 0.2) is 42.6 Å². The molecule has 1 aromatic heterocycles. The SMILES string of the molecule is c1ccc2c(c1)CCN(c1cc(C3CCCN3)ccn1)C2. The van der Waals surface area contributed by atoms with Crippen LogP contribution in [-0.4, -0.2) is 18.1 Å². The molecule has 3 nitrogen and oxygen atoms in total. The van der Waals surface area contributed by atoms with E-state index in [-0.39, 0.29) is 0 Å². The maximum Gasteiger partial charge on any atom is 0.129 e. The number of anilines is 1. The van der Waals surface area contributed by atoms with E-state index in [0.717, 1.165) is 31.9 Å². The smallest absolute Gasteiger partial charge is 0.129 e. The van der Waals surface area contributed by atoms with Crippen molar-refractivity contribution in [2.45, 2.75) is 31.8 Å². The lowest BCUT2D eigenvalue weighted by molar-refractivity contribution is 0.644. The fourth-order valence-corrected chi connectivity index (χ4v) is 3.48. The predicted octanol–water partition coefficient (Wildman–Crippen LogP) is 3.07. The highest BCUT2D eigenvalue weighted by atomic mass is 15.2. The number of aromatic nitrogens is 1. The van der Waals surface area contributed by atoms with Gasteiger partial charge in [0.2, 0.25) is 0 Å². The number of nitrogens with zero attached hydrogens (tertiary/aromatic N) is 2. The second-order valence-corrected chi connectivity index (χ2v) is 6.04. The van der Waals surface area contributed by atoms with Gasteiger partial charge < -0.3 is 10.2 Å². The summed E-state index contributed by atoms with van der Waals surface area (Å²) in [6.45, 7) is 3.18. The van der Waals surface area contributed by atoms with E-state index in [1.807, 2.05) is 6.20 Å². The highest BCUT2D eigenvalue weighted by molar-refractivity contribution is 5.46. The Bertz CT molecular complexity index is 632. The molecule has 0 amide bonds. The zero-order valence-corrected chi connectivity index (χ0v) is 12.3. The third-order valence-corrected chi connectivity index (χ3v) is 4.69. The van der Waals surface area contributed by atoms with Crippen molar-refractivity contribution in [3.05, 3.63) is 59.3 Å². The largest absolute Gasteiger partial charge is 0.352 e. The zero-order valence-electron chi connectivity index (χ0n) is 12.3. The van der Waals surface area contributed by atoms with Gasteiger partial charge in [-0.1, -0.05) is 24.3 Å². The minimum absolute atomic E-state index is 0.517. The standard InChI is InChI=1S/C18H21N3/c1-2-5-16-13-21(11-8-14(16)4-1)18-12-15(7-10-20-18)17-6-3-9-19-17/h1-2,4-5,7,10,12,17,19H,3,6,8-9,11,13H2. The zero-order chi connectivity index (χ0) is 14.1. The second kappa shape index (κ2) is 5.49. The van der Waals surface area contributed by atoms with Crippen LogP contribution in [0.25, 0.3) is 0 Å². The van der Waals surface area contributed by atoms with E-state index in [2.05, 4.69) is 51.6 Å². The third kappa shape index (κ3) is 2.54. The quantitative estimate of drug-likeness (QED) is 0.915. The van der Waals surface area contributed by atoms with E-state index in [1.54, 1.807) is 0 Å². The maximum atomic E-state index is 4.61. The topological polar surface area (TPSA) is 28.2 Å². The average molecular weight is 279 g/mol. The van der Waals surface area contributed by atoms with Crippen LogP contribution in [0.5, 0.6) is 0 Å². The predicted molar refractivity (Wildman–Crippen MR) is 85.4 cm³/mol. The molecule has 0 radical (unpaired) electrons. The van der Waals surface area contributed by atoms with Gasteiger partial charge in [-0.05, 0) is 54.6 Å². The molecule has 2 aromatic rings. The van der Waals surface area contributed by atoms with Crippen molar-refractivity contribution in [2.75, 3.05) is 18.0 Å². The molecule has 1 N–H and O–H groups in total. The minimum atomic E-state index is 0.517. The van der Waals surface area contributed by atoms with Crippen molar-refractivity contribution in [3.8, 4) is 0 Å². The average Bonchev–Trinajstić information content (AvgIpc) is 3.09. The highest BCUT2D eigenvalue weighted by Gasteiger charge is 2.20. The molecule has 4 rings (SSSR count). The third-order valence-electron chi connectivity index (χ3n) is 4.69. The van der Waals surface area contributed by atoms with Crippen LogP contribution in [-0.2, 0) is 13.0 Å². The van der Waals surface area contributed by atoms with E-state index >= 15 is 0 Å². The molecule has 0 spiro atoms. The molecule has 3 heteroatoms. The number of fused-ring (bicyclic) bond motifs is 1. The second-order valence-electron chi connectivity index (χ2n) is 6.04. The first-order valence-electron chi connectivity index (χ1n) is 7.91. The molecule has 1 aromatic carbocycles. The van der Waals surface area contributed by atoms with Gasteiger partial charge in [0.15, 0.2) is 0 Å². The molecule has 1 fully saturated rings. The van der Waals surface area contributed by atoms with Gasteiger partial charge in [0, 0.05) is 25.3 Å². The van der Waals surface area contributed by atoms with Gasteiger partial charge in [-0.25, -0.2) is 4.98 Å². The number of nitrogens with one attached hydrogen (secondary N) is 1. The molecule has 0 saturated carbocycles. The van der Waals surface area contributed by atoms with Crippen LogP contribution in [0.1, 0.15) is 35.6 Å². The van der Waals surface area contributed by atoms with Gasteiger partial charge >= 0.3 is 0 Å². The first-order chi connectivity index (χ1) is 10.4. The Balaban J connectivity index is 1.58. The molecule has 1 saturated heterocycles. The van der Waals surface area contributed by atoms with Crippen LogP contribution in [0.2, 0.25) is 0 Å². The molecular weight excluding hydrogens is 258 g/mol. The molecule has 1 unspecified atom stereocenters. The van der Waals surface area contributed by atoms with Crippen molar-refractivity contribution in [1.29, 1.82) is 0 Å². The van der Waals surface area contributed by atoms with E-state index in [4.69, 9.17) is 0 Å². The summed E-state index contributed by atoms with van der Waals surface area (Å²) in [5, 5.41) is 3.57. The van der Waals surface area contributed by atoms with Crippen molar-refractivity contribution in [1.82, 2.24) is 10.3 Å². The lowest BCUT2D eigenvalue weighted by Gasteiger charge is -2.30. The van der Waals surface area contributed by atoms with Crippen LogP contribution in [0.3, 0.4) is 0 Å². The Morgan fingerprint density at radius 3 is 2.90 bits per heavy atom. The molecule has 2 aliphatic heterocycles. The van der Waals surface area contributed by atoms with Crippen LogP contribution in [0.4, 0.5) is 5.82 Å². The summed E-state index contributed by atoms with van der Waals surface area (Å²) in [7, 11) is 0. The number of hydrogen-bond donors (Lipinski definition) is 1. The van der Waals surface area contributed by atoms with Crippen LogP contribution >= 0.6 is 0 Å². The highest BCUT2D eigenvalue weighted by Crippen LogP contribution is 2.27. The summed E-state index contributed by atoms with van der Waals surface area (Å²) in [5.41, 5.74) is 4.31. The van der Waals surface area contributed by atoms with E-state index in [1.165, 1.54) is 29.5 Å². The van der Waals surface area contributed by atoms with Gasteiger partial charge in [-0.15, -0.1) is 0 Å². The molecule has 3 heterocycles. The van der Waals surface area contributed by atoms with Gasteiger partial charge in [-0.3, -0.25) is 0 Å². The normalized spacial score (nSPS) is 21.3. The molecule has 0 bridgehead atoms. The van der Waals surface area contributed by atoms with Crippen LogP contribution in [0, 0.1) is 0 Å². The van der Waals surface area contributed by atoms with Gasteiger partial charge in [0.25, 0.3) is 0 Å².